The zero-order valence-corrected chi connectivity index (χ0v) is 17.9. The fourth-order valence-corrected chi connectivity index (χ4v) is 4.19. The van der Waals surface area contributed by atoms with Crippen LogP contribution in [-0.4, -0.2) is 19.7 Å². The molecule has 0 saturated heterocycles. The molecule has 2 heterocycles. The summed E-state index contributed by atoms with van der Waals surface area (Å²) in [7, 11) is 1.67. The van der Waals surface area contributed by atoms with Gasteiger partial charge in [0.05, 0.1) is 24.2 Å². The third-order valence-corrected chi connectivity index (χ3v) is 5.84. The number of aromatic amines is 1. The van der Waals surface area contributed by atoms with Gasteiger partial charge in [0.25, 0.3) is 0 Å². The molecule has 1 aliphatic heterocycles. The summed E-state index contributed by atoms with van der Waals surface area (Å²) in [5.41, 5.74) is 6.53. The Bertz CT molecular complexity index is 1180. The molecule has 0 spiro atoms. The van der Waals surface area contributed by atoms with E-state index in [2.05, 4.69) is 23.3 Å². The van der Waals surface area contributed by atoms with Gasteiger partial charge in [0.2, 0.25) is 12.3 Å². The number of carbonyl (C=O) groups excluding carboxylic acids is 1. The number of benzene rings is 2. The molecule has 0 amide bonds. The fraction of sp³-hybridized carbons (Fsp3) is 0.304. The molecule has 6 nitrogen and oxygen atoms in total. The molecule has 0 bridgehead atoms. The van der Waals surface area contributed by atoms with Crippen molar-refractivity contribution < 1.29 is 36.4 Å². The van der Waals surface area contributed by atoms with Crippen LogP contribution in [-0.2, 0) is 6.42 Å². The van der Waals surface area contributed by atoms with Crippen LogP contribution in [0.25, 0.3) is 10.9 Å². The number of aromatic nitrogens is 1. The number of methoxy groups -OCH3 is 1. The number of H-pyrrole nitrogens is 1. The summed E-state index contributed by atoms with van der Waals surface area (Å²) in [6.45, 7) is 4.30. The van der Waals surface area contributed by atoms with Gasteiger partial charge in [-0.25, -0.2) is 4.98 Å². The van der Waals surface area contributed by atoms with E-state index in [0.29, 0.717) is 12.2 Å². The minimum atomic E-state index is 0. The molecule has 0 saturated carbocycles. The van der Waals surface area contributed by atoms with Crippen LogP contribution in [0, 0.1) is 13.8 Å². The zero-order valence-electron chi connectivity index (χ0n) is 17.1. The van der Waals surface area contributed by atoms with E-state index in [9.17, 15) is 4.79 Å². The topological polar surface area (TPSA) is 70.9 Å². The normalized spacial score (nSPS) is 14.3. The molecule has 0 fully saturated rings. The van der Waals surface area contributed by atoms with Crippen LogP contribution < -0.4 is 36.9 Å². The number of ketones is 1. The first kappa shape index (κ1) is 20.3. The van der Waals surface area contributed by atoms with E-state index in [0.717, 1.165) is 69.0 Å². The van der Waals surface area contributed by atoms with Crippen molar-refractivity contribution >= 4 is 28.1 Å². The number of nitrogens with one attached hydrogen (secondary N) is 2. The monoisotopic (exact) mass is 426 g/mol. The lowest BCUT2D eigenvalue weighted by Gasteiger charge is -2.19. The Hall–Kier alpha value is -2.99. The standard InChI is InChI=1S/C23H22N2O4.ClH/c1-12-7-14(8-19(27-3)13(12)2)24-23-15-9-20-21(29-11-28-20)10-17(15)25-16-5-4-6-18(26)22(16)23;/h7-10H,4-6,11H2,1-3H3,(H,24,25);1H. The second-order valence-electron chi connectivity index (χ2n) is 7.63. The average Bonchev–Trinajstić information content (AvgIpc) is 3.16. The number of rotatable bonds is 3. The van der Waals surface area contributed by atoms with E-state index in [1.807, 2.05) is 25.1 Å². The van der Waals surface area contributed by atoms with Crippen molar-refractivity contribution in [2.45, 2.75) is 33.1 Å². The number of anilines is 2. The van der Waals surface area contributed by atoms with Gasteiger partial charge < -0.3 is 31.9 Å². The zero-order chi connectivity index (χ0) is 20.1. The van der Waals surface area contributed by atoms with Gasteiger partial charge in [-0.2, -0.15) is 0 Å². The van der Waals surface area contributed by atoms with Crippen molar-refractivity contribution in [3.05, 3.63) is 46.6 Å². The SMILES string of the molecule is COc1cc(Nc2c3c([nH+]c4cc5c(cc24)OCO5)CCCC3=O)cc(C)c1C.[Cl-]. The molecule has 7 heteroatoms. The van der Waals surface area contributed by atoms with Crippen molar-refractivity contribution in [3.63, 3.8) is 0 Å². The predicted molar refractivity (Wildman–Crippen MR) is 110 cm³/mol. The van der Waals surface area contributed by atoms with Gasteiger partial charge in [0, 0.05) is 30.7 Å². The number of halogens is 1. The molecule has 0 radical (unpaired) electrons. The van der Waals surface area contributed by atoms with Gasteiger partial charge in [-0.3, -0.25) is 4.79 Å². The summed E-state index contributed by atoms with van der Waals surface area (Å²) in [6, 6.07) is 7.94. The van der Waals surface area contributed by atoms with Gasteiger partial charge in [0.15, 0.2) is 23.0 Å². The van der Waals surface area contributed by atoms with Crippen molar-refractivity contribution in [2.24, 2.45) is 0 Å². The van der Waals surface area contributed by atoms with Crippen LogP contribution in [0.3, 0.4) is 0 Å². The first-order valence-electron chi connectivity index (χ1n) is 9.82. The largest absolute Gasteiger partial charge is 1.00 e. The summed E-state index contributed by atoms with van der Waals surface area (Å²) in [5.74, 6) is 2.38. The van der Waals surface area contributed by atoms with Crippen molar-refractivity contribution in [2.75, 3.05) is 19.2 Å². The molecule has 2 N–H and O–H groups in total. The molecule has 3 aromatic rings. The lowest BCUT2D eigenvalue weighted by molar-refractivity contribution is -0.358. The second kappa shape index (κ2) is 7.69. The Kier molecular flexibility index (Phi) is 5.20. The molecular weight excluding hydrogens is 404 g/mol. The lowest BCUT2D eigenvalue weighted by Crippen LogP contribution is -3.00. The lowest BCUT2D eigenvalue weighted by atomic mass is 9.91. The number of hydrogen-bond acceptors (Lipinski definition) is 5. The van der Waals surface area contributed by atoms with Gasteiger partial charge in [-0.05, 0) is 37.5 Å². The molecule has 30 heavy (non-hydrogen) atoms. The third kappa shape index (κ3) is 3.21. The Morgan fingerprint density at radius 1 is 1.07 bits per heavy atom. The molecule has 2 aromatic carbocycles. The summed E-state index contributed by atoms with van der Waals surface area (Å²) >= 11 is 0. The number of hydrogen-bond donors (Lipinski definition) is 1. The molecular formula is C23H23ClN2O4. The van der Waals surface area contributed by atoms with Crippen molar-refractivity contribution in [3.8, 4) is 17.2 Å². The highest BCUT2D eigenvalue weighted by Crippen LogP contribution is 2.41. The van der Waals surface area contributed by atoms with E-state index < -0.39 is 0 Å². The van der Waals surface area contributed by atoms with Gasteiger partial charge in [-0.15, -0.1) is 0 Å². The first-order chi connectivity index (χ1) is 14.0. The first-order valence-corrected chi connectivity index (χ1v) is 9.82. The quantitative estimate of drug-likeness (QED) is 0.683. The predicted octanol–water partition coefficient (Wildman–Crippen LogP) is 1.27. The smallest absolute Gasteiger partial charge is 0.231 e. The van der Waals surface area contributed by atoms with Gasteiger partial charge >= 0.3 is 0 Å². The molecule has 1 aromatic heterocycles. The molecule has 2 aliphatic rings. The van der Waals surface area contributed by atoms with Gasteiger partial charge in [0.1, 0.15) is 11.3 Å². The highest BCUT2D eigenvalue weighted by molar-refractivity contribution is 6.10. The maximum atomic E-state index is 12.9. The minimum absolute atomic E-state index is 0. The van der Waals surface area contributed by atoms with Crippen LogP contribution in [0.5, 0.6) is 17.2 Å². The number of Topliss-reactive ketones (excluding diaryl/α,β-unsaturated/α-hetero) is 1. The van der Waals surface area contributed by atoms with Crippen molar-refractivity contribution in [1.82, 2.24) is 0 Å². The molecule has 0 atom stereocenters. The van der Waals surface area contributed by atoms with Crippen LogP contribution in [0.15, 0.2) is 24.3 Å². The summed E-state index contributed by atoms with van der Waals surface area (Å²) in [6.07, 6.45) is 2.26. The number of aryl methyl sites for hydroxylation is 2. The van der Waals surface area contributed by atoms with Crippen LogP contribution in [0.4, 0.5) is 11.4 Å². The van der Waals surface area contributed by atoms with Crippen LogP contribution in [0.1, 0.15) is 40.0 Å². The highest BCUT2D eigenvalue weighted by atomic mass is 35.5. The summed E-state index contributed by atoms with van der Waals surface area (Å²) in [4.78, 5) is 16.3. The number of carbonyl (C=O) groups is 1. The van der Waals surface area contributed by atoms with E-state index in [-0.39, 0.29) is 25.0 Å². The van der Waals surface area contributed by atoms with E-state index in [1.54, 1.807) is 7.11 Å². The van der Waals surface area contributed by atoms with Crippen LogP contribution >= 0.6 is 0 Å². The number of fused-ring (bicyclic) bond motifs is 3. The fourth-order valence-electron chi connectivity index (χ4n) is 4.19. The molecule has 1 aliphatic carbocycles. The third-order valence-electron chi connectivity index (χ3n) is 5.84. The maximum absolute atomic E-state index is 12.9. The van der Waals surface area contributed by atoms with Crippen molar-refractivity contribution in [1.29, 1.82) is 0 Å². The Balaban J connectivity index is 0.00000218. The molecule has 0 unspecified atom stereocenters. The number of pyridine rings is 1. The van der Waals surface area contributed by atoms with E-state index in [1.165, 1.54) is 0 Å². The Labute approximate surface area is 181 Å². The average molecular weight is 427 g/mol. The summed E-state index contributed by atoms with van der Waals surface area (Å²) in [5, 5.41) is 4.43. The highest BCUT2D eigenvalue weighted by Gasteiger charge is 2.30. The minimum Gasteiger partial charge on any atom is -1.00 e. The van der Waals surface area contributed by atoms with Gasteiger partial charge in [-0.1, -0.05) is 0 Å². The number of ether oxygens (including phenoxy) is 3. The Morgan fingerprint density at radius 3 is 2.60 bits per heavy atom. The summed E-state index contributed by atoms with van der Waals surface area (Å²) < 4.78 is 16.7. The van der Waals surface area contributed by atoms with E-state index in [4.69, 9.17) is 14.2 Å². The Morgan fingerprint density at radius 2 is 1.83 bits per heavy atom. The second-order valence-corrected chi connectivity index (χ2v) is 7.63. The van der Waals surface area contributed by atoms with E-state index >= 15 is 0 Å². The maximum Gasteiger partial charge on any atom is 0.231 e. The van der Waals surface area contributed by atoms with Crippen LogP contribution in [0.2, 0.25) is 0 Å². The molecule has 156 valence electrons. The molecule has 5 rings (SSSR count).